The Morgan fingerprint density at radius 1 is 1.54 bits per heavy atom. The summed E-state index contributed by atoms with van der Waals surface area (Å²) in [7, 11) is 1.25. The number of ketones is 1. The van der Waals surface area contributed by atoms with Crippen LogP contribution in [0.5, 0.6) is 0 Å². The standard InChI is InChI=1S/C7H8N2O4/c1-4(10)5-3-9(13-2)7(12)8-6(5)11/h3H,1-2H3,(H,8,11,12). The first-order valence-corrected chi connectivity index (χ1v) is 3.47. The van der Waals surface area contributed by atoms with Gasteiger partial charge in [-0.25, -0.2) is 4.79 Å². The second-order valence-corrected chi connectivity index (χ2v) is 2.37. The number of rotatable bonds is 2. The number of nitrogens with one attached hydrogen (secondary N) is 1. The fourth-order valence-corrected chi connectivity index (χ4v) is 0.840. The molecule has 1 aromatic heterocycles. The molecule has 0 bridgehead atoms. The number of H-pyrrole nitrogens is 1. The van der Waals surface area contributed by atoms with Gasteiger partial charge in [-0.05, 0) is 6.92 Å². The van der Waals surface area contributed by atoms with Crippen molar-refractivity contribution in [3.05, 3.63) is 32.6 Å². The summed E-state index contributed by atoms with van der Waals surface area (Å²) < 4.78 is 0.776. The molecule has 0 aliphatic carbocycles. The maximum atomic E-state index is 11.0. The average molecular weight is 184 g/mol. The molecule has 0 atom stereocenters. The largest absolute Gasteiger partial charge is 0.413 e. The highest BCUT2D eigenvalue weighted by molar-refractivity contribution is 5.93. The molecule has 6 nitrogen and oxygen atoms in total. The monoisotopic (exact) mass is 184 g/mol. The molecule has 1 aromatic rings. The molecule has 0 saturated carbocycles. The zero-order valence-corrected chi connectivity index (χ0v) is 7.16. The summed E-state index contributed by atoms with van der Waals surface area (Å²) in [5.41, 5.74) is -1.52. The summed E-state index contributed by atoms with van der Waals surface area (Å²) in [4.78, 5) is 39.3. The van der Waals surface area contributed by atoms with Crippen molar-refractivity contribution in [2.75, 3.05) is 7.11 Å². The highest BCUT2D eigenvalue weighted by Gasteiger charge is 2.08. The van der Waals surface area contributed by atoms with E-state index in [0.29, 0.717) is 0 Å². The van der Waals surface area contributed by atoms with Gasteiger partial charge in [-0.2, -0.15) is 0 Å². The summed E-state index contributed by atoms with van der Waals surface area (Å²) >= 11 is 0. The van der Waals surface area contributed by atoms with Crippen molar-refractivity contribution in [2.24, 2.45) is 0 Å². The van der Waals surface area contributed by atoms with Crippen molar-refractivity contribution in [1.29, 1.82) is 0 Å². The minimum Gasteiger partial charge on any atom is -0.413 e. The van der Waals surface area contributed by atoms with Crippen molar-refractivity contribution in [3.63, 3.8) is 0 Å². The lowest BCUT2D eigenvalue weighted by Crippen LogP contribution is -2.35. The molecule has 1 N–H and O–H groups in total. The second kappa shape index (κ2) is 3.26. The summed E-state index contributed by atoms with van der Waals surface area (Å²) in [5, 5.41) is 0. The minimum absolute atomic E-state index is 0.110. The van der Waals surface area contributed by atoms with Gasteiger partial charge in [-0.3, -0.25) is 14.6 Å². The van der Waals surface area contributed by atoms with Crippen LogP contribution in [0.15, 0.2) is 15.8 Å². The summed E-state index contributed by atoms with van der Waals surface area (Å²) in [6.07, 6.45) is 1.06. The molecule has 0 unspecified atom stereocenters. The van der Waals surface area contributed by atoms with Gasteiger partial charge in [0, 0.05) is 0 Å². The molecule has 0 radical (unpaired) electrons. The van der Waals surface area contributed by atoms with Gasteiger partial charge in [0.05, 0.1) is 6.20 Å². The lowest BCUT2D eigenvalue weighted by Gasteiger charge is -2.02. The van der Waals surface area contributed by atoms with E-state index >= 15 is 0 Å². The first-order chi connectivity index (χ1) is 6.06. The maximum Gasteiger partial charge on any atom is 0.361 e. The molecule has 0 spiro atoms. The Morgan fingerprint density at radius 3 is 2.62 bits per heavy atom. The van der Waals surface area contributed by atoms with Gasteiger partial charge in [0.15, 0.2) is 5.78 Å². The third kappa shape index (κ3) is 1.66. The molecule has 0 saturated heterocycles. The van der Waals surface area contributed by atoms with Crippen molar-refractivity contribution in [3.8, 4) is 0 Å². The van der Waals surface area contributed by atoms with Crippen molar-refractivity contribution < 1.29 is 9.63 Å². The Balaban J connectivity index is 3.48. The number of hydrogen-bond acceptors (Lipinski definition) is 4. The van der Waals surface area contributed by atoms with E-state index in [-0.39, 0.29) is 5.56 Å². The summed E-state index contributed by atoms with van der Waals surface area (Å²) in [6.45, 7) is 1.23. The smallest absolute Gasteiger partial charge is 0.361 e. The van der Waals surface area contributed by atoms with E-state index in [0.717, 1.165) is 10.9 Å². The number of hydrogen-bond donors (Lipinski definition) is 1. The molecule has 0 aliphatic heterocycles. The zero-order valence-electron chi connectivity index (χ0n) is 7.16. The minimum atomic E-state index is -0.711. The number of nitrogens with zero attached hydrogens (tertiary/aromatic N) is 1. The molecule has 1 heterocycles. The van der Waals surface area contributed by atoms with Gasteiger partial charge < -0.3 is 4.84 Å². The van der Waals surface area contributed by atoms with Crippen LogP contribution in [-0.2, 0) is 0 Å². The Labute approximate surface area is 72.7 Å². The predicted molar refractivity (Wildman–Crippen MR) is 43.8 cm³/mol. The normalized spacial score (nSPS) is 9.69. The summed E-state index contributed by atoms with van der Waals surface area (Å²) in [5.74, 6) is -0.424. The van der Waals surface area contributed by atoms with Crippen LogP contribution in [0.4, 0.5) is 0 Å². The van der Waals surface area contributed by atoms with Crippen LogP contribution in [0.3, 0.4) is 0 Å². The topological polar surface area (TPSA) is 81.2 Å². The number of aromatic amines is 1. The molecule has 0 amide bonds. The van der Waals surface area contributed by atoms with Crippen LogP contribution >= 0.6 is 0 Å². The van der Waals surface area contributed by atoms with Gasteiger partial charge in [0.1, 0.15) is 12.7 Å². The molecular formula is C7H8N2O4. The summed E-state index contributed by atoms with van der Waals surface area (Å²) in [6, 6.07) is 0. The molecule has 0 fully saturated rings. The first kappa shape index (κ1) is 9.24. The number of aromatic nitrogens is 2. The van der Waals surface area contributed by atoms with Crippen LogP contribution in [0, 0.1) is 0 Å². The predicted octanol–water partition coefficient (Wildman–Crippen LogP) is -1.20. The molecule has 0 aliphatic rings. The fraction of sp³-hybridized carbons (Fsp3) is 0.286. The van der Waals surface area contributed by atoms with Crippen LogP contribution in [-0.4, -0.2) is 22.6 Å². The Morgan fingerprint density at radius 2 is 2.15 bits per heavy atom. The van der Waals surface area contributed by atoms with Gasteiger partial charge in [-0.15, -0.1) is 4.73 Å². The molecule has 6 heteroatoms. The lowest BCUT2D eigenvalue weighted by atomic mass is 10.2. The highest BCUT2D eigenvalue weighted by Crippen LogP contribution is 1.87. The van der Waals surface area contributed by atoms with Gasteiger partial charge in [-0.1, -0.05) is 0 Å². The van der Waals surface area contributed by atoms with E-state index in [2.05, 4.69) is 4.84 Å². The van der Waals surface area contributed by atoms with Crippen molar-refractivity contribution in [2.45, 2.75) is 6.92 Å². The van der Waals surface area contributed by atoms with Gasteiger partial charge in [0.2, 0.25) is 0 Å². The van der Waals surface area contributed by atoms with Crippen LogP contribution in [0.1, 0.15) is 17.3 Å². The van der Waals surface area contributed by atoms with E-state index in [1.807, 2.05) is 4.98 Å². The van der Waals surface area contributed by atoms with E-state index in [9.17, 15) is 14.4 Å². The SMILES string of the molecule is COn1cc(C(C)=O)c(=O)[nH]c1=O. The Hall–Kier alpha value is -1.85. The molecule has 13 heavy (non-hydrogen) atoms. The number of carbonyl (C=O) groups excluding carboxylic acids is 1. The second-order valence-electron chi connectivity index (χ2n) is 2.37. The Bertz CT molecular complexity index is 443. The number of carbonyl (C=O) groups is 1. The fourth-order valence-electron chi connectivity index (χ4n) is 0.840. The number of Topliss-reactive ketones (excluding diaryl/α,β-unsaturated/α-hetero) is 1. The van der Waals surface area contributed by atoms with Crippen LogP contribution in [0.2, 0.25) is 0 Å². The van der Waals surface area contributed by atoms with E-state index in [1.54, 1.807) is 0 Å². The third-order valence-corrected chi connectivity index (χ3v) is 1.49. The van der Waals surface area contributed by atoms with Crippen molar-refractivity contribution in [1.82, 2.24) is 9.71 Å². The van der Waals surface area contributed by atoms with Gasteiger partial charge >= 0.3 is 5.69 Å². The van der Waals surface area contributed by atoms with Crippen LogP contribution < -0.4 is 16.1 Å². The quantitative estimate of drug-likeness (QED) is 0.585. The van der Waals surface area contributed by atoms with Gasteiger partial charge in [0.25, 0.3) is 5.56 Å². The lowest BCUT2D eigenvalue weighted by molar-refractivity contribution is 0.100. The first-order valence-electron chi connectivity index (χ1n) is 3.47. The van der Waals surface area contributed by atoms with E-state index < -0.39 is 17.0 Å². The average Bonchev–Trinajstić information content (AvgIpc) is 2.03. The third-order valence-electron chi connectivity index (χ3n) is 1.49. The molecular weight excluding hydrogens is 176 g/mol. The highest BCUT2D eigenvalue weighted by atomic mass is 16.6. The zero-order chi connectivity index (χ0) is 10.0. The van der Waals surface area contributed by atoms with E-state index in [1.165, 1.54) is 14.0 Å². The maximum absolute atomic E-state index is 11.0. The Kier molecular flexibility index (Phi) is 2.32. The molecule has 1 rings (SSSR count). The van der Waals surface area contributed by atoms with E-state index in [4.69, 9.17) is 0 Å². The molecule has 0 aromatic carbocycles. The van der Waals surface area contributed by atoms with Crippen molar-refractivity contribution >= 4 is 5.78 Å². The molecule has 70 valence electrons. The van der Waals surface area contributed by atoms with Crippen LogP contribution in [0.25, 0.3) is 0 Å².